The van der Waals surface area contributed by atoms with Crippen molar-refractivity contribution in [3.63, 3.8) is 0 Å². The van der Waals surface area contributed by atoms with Gasteiger partial charge in [0.1, 0.15) is 34.8 Å². The zero-order valence-electron chi connectivity index (χ0n) is 18.2. The van der Waals surface area contributed by atoms with Crippen molar-refractivity contribution < 1.29 is 27.4 Å². The van der Waals surface area contributed by atoms with E-state index in [4.69, 9.17) is 9.47 Å². The number of rotatable bonds is 7. The summed E-state index contributed by atoms with van der Waals surface area (Å²) in [5.74, 6) is -2.62. The molecule has 3 aromatic rings. The lowest BCUT2D eigenvalue weighted by molar-refractivity contribution is -0.149. The van der Waals surface area contributed by atoms with Gasteiger partial charge in [-0.3, -0.25) is 0 Å². The van der Waals surface area contributed by atoms with Gasteiger partial charge in [-0.05, 0) is 61.4 Å². The predicted molar refractivity (Wildman–Crippen MR) is 118 cm³/mol. The van der Waals surface area contributed by atoms with Crippen LogP contribution < -0.4 is 9.64 Å². The number of benzene rings is 3. The van der Waals surface area contributed by atoms with E-state index in [-0.39, 0.29) is 28.8 Å². The van der Waals surface area contributed by atoms with Crippen LogP contribution in [-0.2, 0) is 9.53 Å². The number of carbonyl (C=O) groups excluding carboxylic acids is 1. The first-order chi connectivity index (χ1) is 15.7. The van der Waals surface area contributed by atoms with Crippen LogP contribution in [0, 0.1) is 28.8 Å². The third kappa shape index (κ3) is 5.44. The molecule has 0 saturated carbocycles. The van der Waals surface area contributed by atoms with E-state index < -0.39 is 30.0 Å². The number of hydrogen-bond acceptors (Lipinski definition) is 5. The molecule has 170 valence electrons. The topological polar surface area (TPSA) is 62.6 Å². The van der Waals surface area contributed by atoms with Crippen LogP contribution in [0.3, 0.4) is 0 Å². The third-order valence-corrected chi connectivity index (χ3v) is 4.72. The van der Waals surface area contributed by atoms with Crippen LogP contribution in [0.15, 0.2) is 54.6 Å². The number of nitriles is 1. The van der Waals surface area contributed by atoms with Crippen molar-refractivity contribution in [1.82, 2.24) is 0 Å². The molecule has 0 aliphatic rings. The number of esters is 1. The number of ether oxygens (including phenoxy) is 2. The average molecular weight is 454 g/mol. The Bertz CT molecular complexity index is 1220. The Hall–Kier alpha value is -3.99. The standard InChI is InChI=1S/C25H21F3N2O3/c1-15(2)33-24(31)14-32-23-10-9-21(28)25(19(23)13-29)30(3)22-12-17(7-8-20(22)27)16-5-4-6-18(26)11-16/h4-12,15H,14H2,1-3H3. The number of nitrogens with zero attached hydrogens (tertiary/aromatic N) is 2. The van der Waals surface area contributed by atoms with Gasteiger partial charge < -0.3 is 14.4 Å². The molecule has 0 fully saturated rings. The monoisotopic (exact) mass is 454 g/mol. The summed E-state index contributed by atoms with van der Waals surface area (Å²) in [4.78, 5) is 13.0. The highest BCUT2D eigenvalue weighted by Gasteiger charge is 2.22. The summed E-state index contributed by atoms with van der Waals surface area (Å²) in [5.41, 5.74) is 0.517. The van der Waals surface area contributed by atoms with E-state index in [1.807, 2.05) is 6.07 Å². The first-order valence-electron chi connectivity index (χ1n) is 10.1. The predicted octanol–water partition coefficient (Wildman–Crippen LogP) is 5.74. The highest BCUT2D eigenvalue weighted by molar-refractivity contribution is 5.77. The number of hydrogen-bond donors (Lipinski definition) is 0. The summed E-state index contributed by atoms with van der Waals surface area (Å²) < 4.78 is 53.6. The van der Waals surface area contributed by atoms with Crippen LogP contribution in [0.1, 0.15) is 19.4 Å². The van der Waals surface area contributed by atoms with Crippen LogP contribution in [0.25, 0.3) is 11.1 Å². The molecule has 0 aliphatic carbocycles. The molecule has 0 spiro atoms. The first-order valence-corrected chi connectivity index (χ1v) is 10.1. The van der Waals surface area contributed by atoms with E-state index in [9.17, 15) is 23.2 Å². The quantitative estimate of drug-likeness (QED) is 0.426. The van der Waals surface area contributed by atoms with E-state index >= 15 is 0 Å². The third-order valence-electron chi connectivity index (χ3n) is 4.72. The van der Waals surface area contributed by atoms with Crippen molar-refractivity contribution >= 4 is 17.3 Å². The largest absolute Gasteiger partial charge is 0.480 e. The Morgan fingerprint density at radius 1 is 1.03 bits per heavy atom. The molecule has 0 amide bonds. The van der Waals surface area contributed by atoms with E-state index in [0.29, 0.717) is 11.1 Å². The molecule has 3 rings (SSSR count). The molecule has 5 nitrogen and oxygen atoms in total. The fraction of sp³-hybridized carbons (Fsp3) is 0.200. The van der Waals surface area contributed by atoms with Crippen molar-refractivity contribution in [3.8, 4) is 22.9 Å². The molecular formula is C25H21F3N2O3. The van der Waals surface area contributed by atoms with Gasteiger partial charge in [-0.25, -0.2) is 18.0 Å². The highest BCUT2D eigenvalue weighted by atomic mass is 19.1. The number of carbonyl (C=O) groups is 1. The van der Waals surface area contributed by atoms with Gasteiger partial charge in [0.25, 0.3) is 0 Å². The van der Waals surface area contributed by atoms with E-state index in [1.54, 1.807) is 19.9 Å². The Balaban J connectivity index is 2.00. The van der Waals surface area contributed by atoms with E-state index in [0.717, 1.165) is 6.07 Å². The fourth-order valence-corrected chi connectivity index (χ4v) is 3.27. The van der Waals surface area contributed by atoms with Gasteiger partial charge in [0.2, 0.25) is 0 Å². The molecular weight excluding hydrogens is 433 g/mol. The summed E-state index contributed by atoms with van der Waals surface area (Å²) in [5, 5.41) is 9.69. The van der Waals surface area contributed by atoms with E-state index in [1.165, 1.54) is 54.4 Å². The van der Waals surface area contributed by atoms with Crippen LogP contribution in [0.2, 0.25) is 0 Å². The molecule has 0 saturated heterocycles. The molecule has 0 radical (unpaired) electrons. The molecule has 3 aromatic carbocycles. The second-order valence-corrected chi connectivity index (χ2v) is 7.44. The second-order valence-electron chi connectivity index (χ2n) is 7.44. The summed E-state index contributed by atoms with van der Waals surface area (Å²) in [6.45, 7) is 2.87. The van der Waals surface area contributed by atoms with Crippen molar-refractivity contribution in [2.45, 2.75) is 20.0 Å². The van der Waals surface area contributed by atoms with E-state index in [2.05, 4.69) is 0 Å². The smallest absolute Gasteiger partial charge is 0.344 e. The summed E-state index contributed by atoms with van der Waals surface area (Å²) in [6, 6.07) is 14.0. The minimum Gasteiger partial charge on any atom is -0.480 e. The lowest BCUT2D eigenvalue weighted by Crippen LogP contribution is -2.20. The summed E-state index contributed by atoms with van der Waals surface area (Å²) in [7, 11) is 1.39. The molecule has 0 aromatic heterocycles. The molecule has 0 bridgehead atoms. The average Bonchev–Trinajstić information content (AvgIpc) is 2.77. The van der Waals surface area contributed by atoms with Gasteiger partial charge in [-0.1, -0.05) is 18.2 Å². The molecule has 0 aliphatic heterocycles. The zero-order valence-corrected chi connectivity index (χ0v) is 18.2. The van der Waals surface area contributed by atoms with Crippen LogP contribution in [-0.4, -0.2) is 25.7 Å². The molecule has 0 heterocycles. The Labute approximate surface area is 189 Å². The van der Waals surface area contributed by atoms with Gasteiger partial charge in [0.05, 0.1) is 17.5 Å². The lowest BCUT2D eigenvalue weighted by Gasteiger charge is -2.23. The normalized spacial score (nSPS) is 10.6. The summed E-state index contributed by atoms with van der Waals surface area (Å²) in [6.07, 6.45) is -0.347. The maximum atomic E-state index is 14.8. The van der Waals surface area contributed by atoms with Crippen molar-refractivity contribution in [3.05, 3.63) is 77.6 Å². The van der Waals surface area contributed by atoms with Crippen molar-refractivity contribution in [2.24, 2.45) is 0 Å². The number of halogens is 3. The Kier molecular flexibility index (Phi) is 7.23. The van der Waals surface area contributed by atoms with Crippen molar-refractivity contribution in [1.29, 1.82) is 5.26 Å². The molecule has 33 heavy (non-hydrogen) atoms. The lowest BCUT2D eigenvalue weighted by atomic mass is 10.0. The Morgan fingerprint density at radius 2 is 1.73 bits per heavy atom. The molecule has 0 atom stereocenters. The van der Waals surface area contributed by atoms with Crippen molar-refractivity contribution in [2.75, 3.05) is 18.6 Å². The first kappa shape index (κ1) is 23.7. The van der Waals surface area contributed by atoms with Gasteiger partial charge >= 0.3 is 5.97 Å². The number of anilines is 2. The molecule has 8 heteroatoms. The van der Waals surface area contributed by atoms with Gasteiger partial charge in [0.15, 0.2) is 6.61 Å². The maximum absolute atomic E-state index is 14.8. The Morgan fingerprint density at radius 3 is 2.39 bits per heavy atom. The zero-order chi connectivity index (χ0) is 24.1. The van der Waals surface area contributed by atoms with Gasteiger partial charge in [-0.2, -0.15) is 5.26 Å². The van der Waals surface area contributed by atoms with Gasteiger partial charge in [-0.15, -0.1) is 0 Å². The minimum absolute atomic E-state index is 0.0384. The minimum atomic E-state index is -0.790. The maximum Gasteiger partial charge on any atom is 0.344 e. The molecule has 0 unspecified atom stereocenters. The van der Waals surface area contributed by atoms with Gasteiger partial charge in [0, 0.05) is 7.05 Å². The SMILES string of the molecule is CC(C)OC(=O)COc1ccc(F)c(N(C)c2cc(-c3cccc(F)c3)ccc2F)c1C#N. The fourth-order valence-electron chi connectivity index (χ4n) is 3.27. The highest BCUT2D eigenvalue weighted by Crippen LogP contribution is 2.37. The van der Waals surface area contributed by atoms with Crippen LogP contribution in [0.4, 0.5) is 24.5 Å². The van der Waals surface area contributed by atoms with Crippen LogP contribution >= 0.6 is 0 Å². The van der Waals surface area contributed by atoms with Crippen LogP contribution in [0.5, 0.6) is 5.75 Å². The summed E-state index contributed by atoms with van der Waals surface area (Å²) >= 11 is 0. The molecule has 0 N–H and O–H groups in total. The second kappa shape index (κ2) is 10.1.